The van der Waals surface area contributed by atoms with E-state index in [2.05, 4.69) is 154 Å². The molecule has 0 spiro atoms. The first-order valence-electron chi connectivity index (χ1n) is 22.1. The predicted molar refractivity (Wildman–Crippen MR) is 283 cm³/mol. The van der Waals surface area contributed by atoms with E-state index in [9.17, 15) is 9.59 Å². The topological polar surface area (TPSA) is 157 Å². The Labute approximate surface area is 412 Å². The number of esters is 2. The van der Waals surface area contributed by atoms with E-state index in [1.165, 1.54) is 22.3 Å². The minimum atomic E-state index is -0.591. The molecule has 2 rings (SSSR count). The predicted octanol–water partition coefficient (Wildman–Crippen LogP) is 12.2. The number of carbonyl (C=O) groups is 2. The van der Waals surface area contributed by atoms with E-state index in [4.69, 9.17) is 32.4 Å². The van der Waals surface area contributed by atoms with Crippen molar-refractivity contribution in [1.82, 2.24) is 0 Å². The molecule has 0 fully saturated rings. The second kappa shape index (κ2) is 33.5. The Morgan fingerprint density at radius 1 is 0.562 bits per heavy atom. The molecule has 0 saturated heterocycles. The lowest BCUT2D eigenvalue weighted by molar-refractivity contribution is -0.153. The lowest BCUT2D eigenvalue weighted by Gasteiger charge is -2.37. The van der Waals surface area contributed by atoms with E-state index >= 15 is 0 Å². The number of rotatable bonds is 22. The standard InChI is InChI=1S/C52H80N4O4.4ClH/c1-37(21-17-23-39(3)27-29-45-41(5)33-43(35-51(45,7)8)59-49(57)47(55)25-13-15-31-53)19-11-12-20-38(2)22-18-24-40(4)28-30-46-42(6)34-44(36-52(46,9)10)60-50(58)48(56)26-14-16-32-54;;;;/h11-12,17-24,27-30,43-44,47-48H,13-16,25-26,31-36,53-56H2,1-10H3;4*1H/b12-11+,21-17+,22-18+,29-27+,30-28+,37-19+,38-20+,39-23+,40-24+;;;;. The van der Waals surface area contributed by atoms with Gasteiger partial charge in [-0.05, 0) is 115 Å². The molecule has 364 valence electrons. The van der Waals surface area contributed by atoms with Crippen LogP contribution in [0.4, 0.5) is 0 Å². The Bertz CT molecular complexity index is 1670. The normalized spacial score (nSPS) is 20.6. The number of unbranched alkanes of at least 4 members (excludes halogenated alkanes) is 2. The highest BCUT2D eigenvalue weighted by Gasteiger charge is 2.36. The number of allylic oxidation sites excluding steroid dienone is 20. The van der Waals surface area contributed by atoms with E-state index in [1.54, 1.807) is 0 Å². The molecule has 0 aliphatic heterocycles. The molecule has 0 aromatic rings. The Kier molecular flexibility index (Phi) is 34.2. The fraction of sp³-hybridized carbons (Fsp3) is 0.538. The first kappa shape index (κ1) is 65.4. The quantitative estimate of drug-likeness (QED) is 0.0475. The van der Waals surface area contributed by atoms with Crippen molar-refractivity contribution in [2.75, 3.05) is 13.1 Å². The highest BCUT2D eigenvalue weighted by Crippen LogP contribution is 2.43. The average molecular weight is 971 g/mol. The van der Waals surface area contributed by atoms with E-state index < -0.39 is 12.1 Å². The van der Waals surface area contributed by atoms with Gasteiger partial charge in [0, 0.05) is 12.8 Å². The molecule has 4 atom stereocenters. The van der Waals surface area contributed by atoms with Gasteiger partial charge in [-0.1, -0.05) is 159 Å². The zero-order chi connectivity index (χ0) is 44.9. The van der Waals surface area contributed by atoms with E-state index in [-0.39, 0.29) is 84.6 Å². The first-order valence-corrected chi connectivity index (χ1v) is 22.1. The highest BCUT2D eigenvalue weighted by atomic mass is 35.5. The first-order chi connectivity index (χ1) is 28.3. The Morgan fingerprint density at radius 2 is 0.875 bits per heavy atom. The molecule has 0 radical (unpaired) electrons. The van der Waals surface area contributed by atoms with Crippen LogP contribution in [0.25, 0.3) is 0 Å². The molecule has 0 aromatic carbocycles. The number of ether oxygens (including phenoxy) is 2. The molecule has 12 heteroatoms. The van der Waals surface area contributed by atoms with Crippen LogP contribution in [0.3, 0.4) is 0 Å². The summed E-state index contributed by atoms with van der Waals surface area (Å²) in [4.78, 5) is 25.2. The van der Waals surface area contributed by atoms with Crippen LogP contribution in [0.1, 0.15) is 133 Å². The summed E-state index contributed by atoms with van der Waals surface area (Å²) in [5.41, 5.74) is 32.7. The molecule has 0 bridgehead atoms. The maximum absolute atomic E-state index is 12.6. The second-order valence-electron chi connectivity index (χ2n) is 18.3. The fourth-order valence-corrected chi connectivity index (χ4v) is 7.99. The van der Waals surface area contributed by atoms with E-state index in [0.29, 0.717) is 25.9 Å². The summed E-state index contributed by atoms with van der Waals surface area (Å²) < 4.78 is 11.7. The maximum Gasteiger partial charge on any atom is 0.323 e. The van der Waals surface area contributed by atoms with Gasteiger partial charge in [0.05, 0.1) is 0 Å². The molecule has 2 aliphatic rings. The van der Waals surface area contributed by atoms with Crippen molar-refractivity contribution in [1.29, 1.82) is 0 Å². The molecular formula is C52H84Cl4N4O4. The third kappa shape index (κ3) is 24.6. The van der Waals surface area contributed by atoms with Crippen molar-refractivity contribution in [2.24, 2.45) is 33.8 Å². The third-order valence-corrected chi connectivity index (χ3v) is 11.3. The smallest absolute Gasteiger partial charge is 0.323 e. The minimum absolute atomic E-state index is 0. The molecule has 8 nitrogen and oxygen atoms in total. The molecule has 0 saturated carbocycles. The van der Waals surface area contributed by atoms with Gasteiger partial charge in [-0.2, -0.15) is 0 Å². The van der Waals surface area contributed by atoms with Crippen LogP contribution in [0, 0.1) is 10.8 Å². The van der Waals surface area contributed by atoms with Crippen molar-refractivity contribution < 1.29 is 19.1 Å². The van der Waals surface area contributed by atoms with Gasteiger partial charge in [-0.3, -0.25) is 9.59 Å². The van der Waals surface area contributed by atoms with Crippen LogP contribution in [0.5, 0.6) is 0 Å². The monoisotopic (exact) mass is 969 g/mol. The third-order valence-electron chi connectivity index (χ3n) is 11.3. The maximum atomic E-state index is 12.6. The summed E-state index contributed by atoms with van der Waals surface area (Å²) in [6.45, 7) is 22.7. The van der Waals surface area contributed by atoms with E-state index in [0.717, 1.165) is 73.7 Å². The van der Waals surface area contributed by atoms with Crippen LogP contribution in [0.15, 0.2) is 130 Å². The molecule has 0 heterocycles. The summed E-state index contributed by atoms with van der Waals surface area (Å²) in [7, 11) is 0. The molecule has 4 unspecified atom stereocenters. The second-order valence-corrected chi connectivity index (χ2v) is 18.3. The van der Waals surface area contributed by atoms with E-state index in [1.807, 2.05) is 0 Å². The van der Waals surface area contributed by atoms with Gasteiger partial charge in [0.25, 0.3) is 0 Å². The van der Waals surface area contributed by atoms with Crippen LogP contribution in [0.2, 0.25) is 0 Å². The Hall–Kier alpha value is -2.92. The summed E-state index contributed by atoms with van der Waals surface area (Å²) >= 11 is 0. The van der Waals surface area contributed by atoms with Gasteiger partial charge in [-0.25, -0.2) is 0 Å². The molecule has 0 amide bonds. The van der Waals surface area contributed by atoms with Crippen molar-refractivity contribution in [3.8, 4) is 0 Å². The van der Waals surface area contributed by atoms with Gasteiger partial charge >= 0.3 is 11.9 Å². The van der Waals surface area contributed by atoms with Gasteiger partial charge in [-0.15, -0.1) is 49.6 Å². The molecule has 64 heavy (non-hydrogen) atoms. The van der Waals surface area contributed by atoms with Gasteiger partial charge in [0.15, 0.2) is 0 Å². The number of nitrogens with two attached hydrogens (primary N) is 4. The Balaban J connectivity index is -0.00000930. The minimum Gasteiger partial charge on any atom is -0.461 e. The largest absolute Gasteiger partial charge is 0.461 e. The zero-order valence-corrected chi connectivity index (χ0v) is 43.7. The highest BCUT2D eigenvalue weighted by molar-refractivity contribution is 5.86. The van der Waals surface area contributed by atoms with Gasteiger partial charge in [0.2, 0.25) is 0 Å². The lowest BCUT2D eigenvalue weighted by atomic mass is 9.71. The summed E-state index contributed by atoms with van der Waals surface area (Å²) in [5.74, 6) is -0.617. The lowest BCUT2D eigenvalue weighted by Crippen LogP contribution is -2.38. The SMILES string of the molecule is CC1=C(/C=C/C(C)=C/C=C/C(C)=C/C=C/C=C(C)/C=C/C=C(C)/C=C/C2=C(C)CC(OC(=O)C(N)CCCCN)CC2(C)C)C(C)(C)CC(OC(=O)C(N)CCCCN)C1.Cl.Cl.Cl.Cl. The molecule has 0 aromatic heterocycles. The van der Waals surface area contributed by atoms with Crippen LogP contribution in [-0.4, -0.2) is 49.3 Å². The Morgan fingerprint density at radius 3 is 1.19 bits per heavy atom. The van der Waals surface area contributed by atoms with Crippen molar-refractivity contribution >= 4 is 61.6 Å². The summed E-state index contributed by atoms with van der Waals surface area (Å²) in [6.07, 6.45) is 36.9. The van der Waals surface area contributed by atoms with Crippen LogP contribution >= 0.6 is 49.6 Å². The zero-order valence-electron chi connectivity index (χ0n) is 40.5. The van der Waals surface area contributed by atoms with Crippen molar-refractivity contribution in [2.45, 2.75) is 158 Å². The molecular weight excluding hydrogens is 886 g/mol. The number of halogens is 4. The van der Waals surface area contributed by atoms with Crippen molar-refractivity contribution in [3.05, 3.63) is 130 Å². The number of hydrogen-bond acceptors (Lipinski definition) is 8. The number of carbonyl (C=O) groups excluding carboxylic acids is 2. The molecule has 2 aliphatic carbocycles. The van der Waals surface area contributed by atoms with Crippen molar-refractivity contribution in [3.63, 3.8) is 0 Å². The van der Waals surface area contributed by atoms with Gasteiger partial charge < -0.3 is 32.4 Å². The number of hydrogen-bond donors (Lipinski definition) is 4. The fourth-order valence-electron chi connectivity index (χ4n) is 7.99. The van der Waals surface area contributed by atoms with Gasteiger partial charge in [0.1, 0.15) is 24.3 Å². The van der Waals surface area contributed by atoms with Crippen LogP contribution < -0.4 is 22.9 Å². The van der Waals surface area contributed by atoms with Crippen LogP contribution in [-0.2, 0) is 19.1 Å². The molecule has 8 N–H and O–H groups in total. The summed E-state index contributed by atoms with van der Waals surface area (Å²) in [6, 6.07) is -1.18. The summed E-state index contributed by atoms with van der Waals surface area (Å²) in [5, 5.41) is 0. The average Bonchev–Trinajstić information content (AvgIpc) is 3.15.